The predicted octanol–water partition coefficient (Wildman–Crippen LogP) is 4.99. The number of nitrogens with zero attached hydrogens (tertiary/aromatic N) is 5. The van der Waals surface area contributed by atoms with Crippen LogP contribution in [0.25, 0.3) is 11.3 Å². The van der Waals surface area contributed by atoms with Crippen molar-refractivity contribution in [2.45, 2.75) is 26.7 Å². The van der Waals surface area contributed by atoms with Gasteiger partial charge in [0.15, 0.2) is 0 Å². The van der Waals surface area contributed by atoms with Gasteiger partial charge in [-0.3, -0.25) is 9.59 Å². The van der Waals surface area contributed by atoms with E-state index in [2.05, 4.69) is 20.5 Å². The molecular formula is C27H26N6O3S. The van der Waals surface area contributed by atoms with E-state index in [1.54, 1.807) is 35.8 Å². The van der Waals surface area contributed by atoms with Gasteiger partial charge in [0.2, 0.25) is 22.8 Å². The van der Waals surface area contributed by atoms with Gasteiger partial charge in [0.1, 0.15) is 5.51 Å². The van der Waals surface area contributed by atoms with Crippen molar-refractivity contribution < 1.29 is 14.3 Å². The summed E-state index contributed by atoms with van der Waals surface area (Å²) in [5.74, 6) is 0.231. The average Bonchev–Trinajstić information content (AvgIpc) is 3.43. The first-order valence-corrected chi connectivity index (χ1v) is 12.7. The Kier molecular flexibility index (Phi) is 6.43. The van der Waals surface area contributed by atoms with Crippen LogP contribution in [0.4, 0.5) is 5.13 Å². The zero-order valence-corrected chi connectivity index (χ0v) is 21.7. The number of amides is 2. The fourth-order valence-corrected chi connectivity index (χ4v) is 4.86. The van der Waals surface area contributed by atoms with E-state index in [1.165, 1.54) is 11.3 Å². The van der Waals surface area contributed by atoms with Crippen molar-refractivity contribution in [3.63, 3.8) is 0 Å². The molecule has 0 aliphatic carbocycles. The molecule has 10 heteroatoms. The summed E-state index contributed by atoms with van der Waals surface area (Å²) in [4.78, 5) is 36.7. The van der Waals surface area contributed by atoms with Crippen LogP contribution in [0, 0.1) is 5.41 Å². The third-order valence-electron chi connectivity index (χ3n) is 6.64. The molecular weight excluding hydrogens is 488 g/mol. The van der Waals surface area contributed by atoms with Gasteiger partial charge in [-0.15, -0.1) is 10.2 Å². The normalized spacial score (nSPS) is 14.2. The zero-order chi connectivity index (χ0) is 26.2. The minimum Gasteiger partial charge on any atom is -0.420 e. The van der Waals surface area contributed by atoms with Crippen molar-refractivity contribution >= 4 is 28.3 Å². The highest BCUT2D eigenvalue weighted by Gasteiger charge is 2.44. The molecule has 0 fully saturated rings. The van der Waals surface area contributed by atoms with Crippen LogP contribution in [-0.4, -0.2) is 50.5 Å². The lowest BCUT2D eigenvalue weighted by molar-refractivity contribution is -0.124. The number of aromatic nitrogens is 4. The number of ether oxygens (including phenoxy) is 1. The van der Waals surface area contributed by atoms with Crippen LogP contribution in [-0.2, 0) is 4.79 Å². The lowest BCUT2D eigenvalue weighted by Gasteiger charge is -2.37. The van der Waals surface area contributed by atoms with Gasteiger partial charge in [0.25, 0.3) is 5.91 Å². The number of fused-ring (bicyclic) bond motifs is 2. The Labute approximate surface area is 218 Å². The Morgan fingerprint density at radius 3 is 2.54 bits per heavy atom. The molecule has 1 aliphatic rings. The molecule has 1 aromatic carbocycles. The number of carbonyl (C=O) groups excluding carboxylic acids is 2. The van der Waals surface area contributed by atoms with E-state index < -0.39 is 5.41 Å². The van der Waals surface area contributed by atoms with E-state index in [4.69, 9.17) is 9.72 Å². The Bertz CT molecular complexity index is 1450. The van der Waals surface area contributed by atoms with E-state index in [-0.39, 0.29) is 17.7 Å². The summed E-state index contributed by atoms with van der Waals surface area (Å²) in [6.07, 6.45) is 1.65. The number of carbonyl (C=O) groups is 2. The van der Waals surface area contributed by atoms with Gasteiger partial charge in [-0.2, -0.15) is 0 Å². The molecule has 1 N–H and O–H groups in total. The molecule has 9 nitrogen and oxygen atoms in total. The summed E-state index contributed by atoms with van der Waals surface area (Å²) in [6.45, 7) is 6.34. The predicted molar refractivity (Wildman–Crippen MR) is 141 cm³/mol. The number of anilines is 1. The van der Waals surface area contributed by atoms with E-state index in [9.17, 15) is 9.59 Å². The van der Waals surface area contributed by atoms with Gasteiger partial charge in [-0.25, -0.2) is 9.97 Å². The smallest absolute Gasteiger partial charge is 0.253 e. The van der Waals surface area contributed by atoms with Crippen LogP contribution in [0.3, 0.4) is 0 Å². The van der Waals surface area contributed by atoms with Crippen molar-refractivity contribution in [3.05, 3.63) is 76.9 Å². The lowest BCUT2D eigenvalue weighted by Crippen LogP contribution is -2.38. The zero-order valence-electron chi connectivity index (χ0n) is 20.9. The van der Waals surface area contributed by atoms with Crippen molar-refractivity contribution in [2.75, 3.05) is 18.9 Å². The summed E-state index contributed by atoms with van der Waals surface area (Å²) in [5, 5.41) is 11.1. The second kappa shape index (κ2) is 9.70. The van der Waals surface area contributed by atoms with E-state index in [0.717, 1.165) is 16.7 Å². The minimum atomic E-state index is -0.890. The Morgan fingerprint density at radius 1 is 1.08 bits per heavy atom. The summed E-state index contributed by atoms with van der Waals surface area (Å²) in [5.41, 5.74) is 4.43. The van der Waals surface area contributed by atoms with Crippen molar-refractivity contribution in [1.29, 1.82) is 0 Å². The molecule has 0 bridgehead atoms. The molecule has 4 aromatic rings. The number of benzene rings is 1. The van der Waals surface area contributed by atoms with Crippen LogP contribution in [0.5, 0.6) is 11.8 Å². The van der Waals surface area contributed by atoms with Crippen molar-refractivity contribution in [1.82, 2.24) is 25.1 Å². The van der Waals surface area contributed by atoms with Crippen LogP contribution in [0.2, 0.25) is 0 Å². The third kappa shape index (κ3) is 4.55. The van der Waals surface area contributed by atoms with Gasteiger partial charge in [0, 0.05) is 48.0 Å². The van der Waals surface area contributed by atoms with Crippen LogP contribution >= 0.6 is 11.3 Å². The maximum Gasteiger partial charge on any atom is 0.253 e. The highest BCUT2D eigenvalue weighted by atomic mass is 32.1. The van der Waals surface area contributed by atoms with Gasteiger partial charge >= 0.3 is 0 Å². The van der Waals surface area contributed by atoms with E-state index in [1.807, 2.05) is 57.2 Å². The number of hydrogen-bond acceptors (Lipinski definition) is 8. The molecule has 2 amide bonds. The maximum absolute atomic E-state index is 13.4. The molecule has 1 atom stereocenters. The summed E-state index contributed by atoms with van der Waals surface area (Å²) >= 11 is 1.26. The maximum atomic E-state index is 13.4. The highest BCUT2D eigenvalue weighted by molar-refractivity contribution is 7.13. The van der Waals surface area contributed by atoms with Crippen LogP contribution < -0.4 is 10.1 Å². The highest BCUT2D eigenvalue weighted by Crippen LogP contribution is 2.51. The average molecular weight is 515 g/mol. The topological polar surface area (TPSA) is 110 Å². The molecule has 4 heterocycles. The SMILES string of the molecule is CCN(C)C(=O)c1ccc(-c2ccc3c(n2)Oc2ncccc2C3C(C)(C)C(=O)Nc2nncs2)cc1. The summed E-state index contributed by atoms with van der Waals surface area (Å²) < 4.78 is 6.12. The minimum absolute atomic E-state index is 0.0321. The number of nitrogens with one attached hydrogen (secondary N) is 1. The molecule has 188 valence electrons. The summed E-state index contributed by atoms with van der Waals surface area (Å²) in [6, 6.07) is 15.0. The molecule has 0 spiro atoms. The second-order valence-electron chi connectivity index (χ2n) is 9.34. The fourth-order valence-electron chi connectivity index (χ4n) is 4.42. The standard InChI is InChI=1S/C27H26N6O3S/c1-5-33(4)24(34)17-10-8-16(9-11-17)20-13-12-19-21(18-7-6-14-28-22(18)36-23(19)30-20)27(2,3)25(35)31-26-32-29-15-37-26/h6-15,21H,5H2,1-4H3,(H,31,32,35). The molecule has 1 aliphatic heterocycles. The van der Waals surface area contributed by atoms with Crippen LogP contribution in [0.15, 0.2) is 60.2 Å². The molecule has 0 radical (unpaired) electrons. The first kappa shape index (κ1) is 24.5. The quantitative estimate of drug-likeness (QED) is 0.386. The number of hydrogen-bond donors (Lipinski definition) is 1. The molecule has 0 saturated heterocycles. The monoisotopic (exact) mass is 514 g/mol. The first-order valence-electron chi connectivity index (χ1n) is 11.9. The molecule has 5 rings (SSSR count). The van der Waals surface area contributed by atoms with Crippen LogP contribution in [0.1, 0.15) is 48.2 Å². The number of pyridine rings is 2. The molecule has 1 unspecified atom stereocenters. The summed E-state index contributed by atoms with van der Waals surface area (Å²) in [7, 11) is 1.77. The van der Waals surface area contributed by atoms with Crippen molar-refractivity contribution in [2.24, 2.45) is 5.41 Å². The van der Waals surface area contributed by atoms with Crippen molar-refractivity contribution in [3.8, 4) is 23.0 Å². The Hall–Kier alpha value is -4.18. The molecule has 3 aromatic heterocycles. The van der Waals surface area contributed by atoms with Gasteiger partial charge in [0.05, 0.1) is 11.1 Å². The first-order chi connectivity index (χ1) is 17.8. The lowest BCUT2D eigenvalue weighted by atomic mass is 9.70. The Morgan fingerprint density at radius 2 is 1.84 bits per heavy atom. The Balaban J connectivity index is 1.51. The molecule has 0 saturated carbocycles. The van der Waals surface area contributed by atoms with Gasteiger partial charge in [-0.1, -0.05) is 49.4 Å². The largest absolute Gasteiger partial charge is 0.420 e. The van der Waals surface area contributed by atoms with Gasteiger partial charge < -0.3 is 15.0 Å². The third-order valence-corrected chi connectivity index (χ3v) is 7.25. The fraction of sp³-hybridized carbons (Fsp3) is 0.259. The van der Waals surface area contributed by atoms with E-state index in [0.29, 0.717) is 34.7 Å². The van der Waals surface area contributed by atoms with Gasteiger partial charge in [-0.05, 0) is 31.2 Å². The molecule has 37 heavy (non-hydrogen) atoms. The van der Waals surface area contributed by atoms with E-state index >= 15 is 0 Å². The second-order valence-corrected chi connectivity index (χ2v) is 10.2. The number of rotatable bonds is 6.